The van der Waals surface area contributed by atoms with Crippen molar-refractivity contribution in [2.75, 3.05) is 25.2 Å². The van der Waals surface area contributed by atoms with Crippen LogP contribution in [0.3, 0.4) is 0 Å². The molecule has 1 saturated heterocycles. The third-order valence-corrected chi connectivity index (χ3v) is 4.05. The summed E-state index contributed by atoms with van der Waals surface area (Å²) < 4.78 is 21.6. The van der Waals surface area contributed by atoms with Crippen molar-refractivity contribution in [3.05, 3.63) is 0 Å². The predicted octanol–water partition coefficient (Wildman–Crippen LogP) is 0.723. The Labute approximate surface area is 92.8 Å². The van der Waals surface area contributed by atoms with Gasteiger partial charge in [0.05, 0.1) is 19.1 Å². The van der Waals surface area contributed by atoms with Gasteiger partial charge in [-0.1, -0.05) is 6.92 Å². The van der Waals surface area contributed by atoms with Crippen LogP contribution in [0.5, 0.6) is 0 Å². The van der Waals surface area contributed by atoms with Crippen LogP contribution in [0.2, 0.25) is 0 Å². The fourth-order valence-corrected chi connectivity index (χ4v) is 3.11. The first-order chi connectivity index (χ1) is 7.13. The van der Waals surface area contributed by atoms with Gasteiger partial charge in [0.1, 0.15) is 0 Å². The van der Waals surface area contributed by atoms with Crippen molar-refractivity contribution in [2.24, 2.45) is 5.92 Å². The average molecular weight is 234 g/mol. The zero-order valence-corrected chi connectivity index (χ0v) is 10.0. The molecule has 1 fully saturated rings. The van der Waals surface area contributed by atoms with Crippen molar-refractivity contribution in [2.45, 2.75) is 25.9 Å². The maximum atomic E-state index is 11.7. The summed E-state index contributed by atoms with van der Waals surface area (Å²) in [6, 6.07) is 0. The molecular weight excluding hydrogens is 216 g/mol. The Morgan fingerprint density at radius 3 is 2.93 bits per heavy atom. The third kappa shape index (κ3) is 4.30. The van der Waals surface area contributed by atoms with Gasteiger partial charge in [0.2, 0.25) is 0 Å². The van der Waals surface area contributed by atoms with Crippen molar-refractivity contribution >= 4 is 16.8 Å². The molecule has 3 unspecified atom stereocenters. The Morgan fingerprint density at radius 2 is 2.40 bits per heavy atom. The molecule has 0 bridgehead atoms. The largest absolute Gasteiger partial charge is 0.469 e. The molecule has 0 N–H and O–H groups in total. The molecule has 0 aromatic carbocycles. The molecule has 1 aliphatic heterocycles. The number of esters is 1. The molecule has 0 aromatic rings. The summed E-state index contributed by atoms with van der Waals surface area (Å²) in [6.07, 6.45) is 2.16. The summed E-state index contributed by atoms with van der Waals surface area (Å²) in [6.45, 7) is 2.51. The fraction of sp³-hybridized carbons (Fsp3) is 0.900. The first-order valence-corrected chi connectivity index (χ1v) is 6.66. The Hall–Kier alpha value is -0.420. The molecule has 0 radical (unpaired) electrons. The molecule has 0 amide bonds. The smallest absolute Gasteiger partial charge is 0.309 e. The van der Waals surface area contributed by atoms with Crippen LogP contribution >= 0.6 is 0 Å². The van der Waals surface area contributed by atoms with Gasteiger partial charge in [-0.05, 0) is 12.8 Å². The standard InChI is InChI=1S/C10H18O4S/c1-8(10(11)13-2)6-15(12)7-9-4-3-5-14-9/h8-9H,3-7H2,1-2H3. The Bertz CT molecular complexity index is 236. The molecule has 0 aliphatic carbocycles. The van der Waals surface area contributed by atoms with Gasteiger partial charge in [0.25, 0.3) is 0 Å². The number of methoxy groups -OCH3 is 1. The third-order valence-electron chi connectivity index (χ3n) is 2.44. The molecule has 15 heavy (non-hydrogen) atoms. The molecule has 0 aromatic heterocycles. The zero-order valence-electron chi connectivity index (χ0n) is 9.23. The molecule has 3 atom stereocenters. The molecule has 88 valence electrons. The SMILES string of the molecule is COC(=O)C(C)CS(=O)CC1CCCO1. The molecular formula is C10H18O4S. The van der Waals surface area contributed by atoms with Crippen LogP contribution in [-0.4, -0.2) is 41.5 Å². The lowest BCUT2D eigenvalue weighted by atomic mass is 10.2. The van der Waals surface area contributed by atoms with E-state index >= 15 is 0 Å². The Balaban J connectivity index is 2.25. The number of hydrogen-bond donors (Lipinski definition) is 0. The van der Waals surface area contributed by atoms with Gasteiger partial charge >= 0.3 is 5.97 Å². The van der Waals surface area contributed by atoms with Gasteiger partial charge in [-0.15, -0.1) is 0 Å². The highest BCUT2D eigenvalue weighted by molar-refractivity contribution is 7.85. The number of carbonyl (C=O) groups excluding carboxylic acids is 1. The summed E-state index contributed by atoms with van der Waals surface area (Å²) in [5, 5.41) is 0. The van der Waals surface area contributed by atoms with Crippen molar-refractivity contribution < 1.29 is 18.5 Å². The highest BCUT2D eigenvalue weighted by Crippen LogP contribution is 2.14. The van der Waals surface area contributed by atoms with Gasteiger partial charge in [-0.25, -0.2) is 0 Å². The van der Waals surface area contributed by atoms with Gasteiger partial charge in [0.15, 0.2) is 0 Å². The highest BCUT2D eigenvalue weighted by Gasteiger charge is 2.21. The van der Waals surface area contributed by atoms with Gasteiger partial charge in [-0.3, -0.25) is 9.00 Å². The summed E-state index contributed by atoms with van der Waals surface area (Å²) in [5.74, 6) is 0.321. The van der Waals surface area contributed by atoms with E-state index in [1.54, 1.807) is 6.92 Å². The minimum absolute atomic E-state index is 0.121. The first-order valence-electron chi connectivity index (χ1n) is 5.18. The van der Waals surface area contributed by atoms with Crippen LogP contribution < -0.4 is 0 Å². The van der Waals surface area contributed by atoms with Crippen LogP contribution in [-0.2, 0) is 25.1 Å². The van der Waals surface area contributed by atoms with Crippen molar-refractivity contribution in [3.63, 3.8) is 0 Å². The lowest BCUT2D eigenvalue weighted by molar-refractivity contribution is -0.144. The lowest BCUT2D eigenvalue weighted by Crippen LogP contribution is -2.24. The normalized spacial score (nSPS) is 24.8. The van der Waals surface area contributed by atoms with Crippen molar-refractivity contribution in [1.29, 1.82) is 0 Å². The molecule has 1 heterocycles. The molecule has 0 spiro atoms. The Kier molecular flexibility index (Phi) is 5.25. The number of ether oxygens (including phenoxy) is 2. The van der Waals surface area contributed by atoms with E-state index in [4.69, 9.17) is 4.74 Å². The molecule has 0 saturated carbocycles. The molecule has 1 aliphatic rings. The molecule has 4 nitrogen and oxygen atoms in total. The number of rotatable bonds is 5. The first kappa shape index (κ1) is 12.6. The fourth-order valence-electron chi connectivity index (χ4n) is 1.60. The summed E-state index contributed by atoms with van der Waals surface area (Å²) >= 11 is 0. The van der Waals surface area contributed by atoms with E-state index in [2.05, 4.69) is 4.74 Å². The maximum absolute atomic E-state index is 11.7. The predicted molar refractivity (Wildman–Crippen MR) is 58.0 cm³/mol. The van der Waals surface area contributed by atoms with Gasteiger partial charge < -0.3 is 9.47 Å². The van der Waals surface area contributed by atoms with E-state index in [1.807, 2.05) is 0 Å². The number of hydrogen-bond acceptors (Lipinski definition) is 4. The van der Waals surface area contributed by atoms with E-state index < -0.39 is 10.8 Å². The van der Waals surface area contributed by atoms with Crippen LogP contribution in [0.4, 0.5) is 0 Å². The zero-order chi connectivity index (χ0) is 11.3. The van der Waals surface area contributed by atoms with Crippen LogP contribution in [0.1, 0.15) is 19.8 Å². The molecule has 5 heteroatoms. The van der Waals surface area contributed by atoms with Gasteiger partial charge in [0, 0.05) is 28.9 Å². The van der Waals surface area contributed by atoms with Crippen LogP contribution in [0.15, 0.2) is 0 Å². The van der Waals surface area contributed by atoms with Crippen molar-refractivity contribution in [1.82, 2.24) is 0 Å². The van der Waals surface area contributed by atoms with Crippen LogP contribution in [0, 0.1) is 5.92 Å². The maximum Gasteiger partial charge on any atom is 0.309 e. The minimum atomic E-state index is -0.988. The monoisotopic (exact) mass is 234 g/mol. The van der Waals surface area contributed by atoms with E-state index in [0.717, 1.165) is 19.4 Å². The second-order valence-electron chi connectivity index (χ2n) is 3.83. The van der Waals surface area contributed by atoms with E-state index in [1.165, 1.54) is 7.11 Å². The van der Waals surface area contributed by atoms with Crippen LogP contribution in [0.25, 0.3) is 0 Å². The topological polar surface area (TPSA) is 52.6 Å². The second-order valence-corrected chi connectivity index (χ2v) is 5.38. The van der Waals surface area contributed by atoms with E-state index in [9.17, 15) is 9.00 Å². The van der Waals surface area contributed by atoms with E-state index in [0.29, 0.717) is 11.5 Å². The highest BCUT2D eigenvalue weighted by atomic mass is 32.2. The lowest BCUT2D eigenvalue weighted by Gasteiger charge is -2.11. The minimum Gasteiger partial charge on any atom is -0.469 e. The Morgan fingerprint density at radius 1 is 1.67 bits per heavy atom. The average Bonchev–Trinajstić information content (AvgIpc) is 2.68. The van der Waals surface area contributed by atoms with E-state index in [-0.39, 0.29) is 18.0 Å². The van der Waals surface area contributed by atoms with Gasteiger partial charge in [-0.2, -0.15) is 0 Å². The summed E-state index contributed by atoms with van der Waals surface area (Å²) in [5.41, 5.74) is 0. The second kappa shape index (κ2) is 6.23. The molecule has 1 rings (SSSR count). The van der Waals surface area contributed by atoms with Crippen molar-refractivity contribution in [3.8, 4) is 0 Å². The summed E-state index contributed by atoms with van der Waals surface area (Å²) in [4.78, 5) is 11.1. The quantitative estimate of drug-likeness (QED) is 0.658. The summed E-state index contributed by atoms with van der Waals surface area (Å²) in [7, 11) is 0.361. The number of carbonyl (C=O) groups is 1.